The van der Waals surface area contributed by atoms with Crippen molar-refractivity contribution in [2.45, 2.75) is 5.41 Å². The number of hydrogen-bond donors (Lipinski definition) is 0. The minimum Gasteiger partial charge on any atom is -0.309 e. The van der Waals surface area contributed by atoms with E-state index in [0.29, 0.717) is 0 Å². The first-order chi connectivity index (χ1) is 31.8. The fraction of sp³-hybridized carbons (Fsp3) is 0.0159. The maximum atomic E-state index is 2.47. The Labute approximate surface area is 372 Å². The van der Waals surface area contributed by atoms with Crippen LogP contribution in [0.15, 0.2) is 249 Å². The van der Waals surface area contributed by atoms with Crippen LogP contribution in [0.1, 0.15) is 22.3 Å². The lowest BCUT2D eigenvalue weighted by Crippen LogP contribution is -2.28. The third kappa shape index (κ3) is 5.31. The standard InChI is InChI=1S/C63H41N/c1-4-18-42(19-5-1)61-52-26-10-12-28-54(52)62(55-29-13-11-27-53(55)61)43-32-36-48(37-33-43)64-59-31-17-15-25-51(59)56-40-44(35-39-60(56)64)45-34-38-50-49-24-14-16-30-57(49)63(58(50)41-45,46-20-6-2-7-21-46)47-22-8-3-9-23-47/h1-41H. The second kappa shape index (κ2) is 14.4. The van der Waals surface area contributed by atoms with Gasteiger partial charge in [-0.1, -0.05) is 212 Å². The van der Waals surface area contributed by atoms with Crippen LogP contribution < -0.4 is 0 Å². The Bertz CT molecular complexity index is 3650. The van der Waals surface area contributed by atoms with Crippen molar-refractivity contribution in [2.24, 2.45) is 0 Å². The minimum atomic E-state index is -0.445. The lowest BCUT2D eigenvalue weighted by Gasteiger charge is -2.34. The quantitative estimate of drug-likeness (QED) is 0.147. The normalized spacial score (nSPS) is 12.8. The first-order valence-corrected chi connectivity index (χ1v) is 22.3. The summed E-state index contributed by atoms with van der Waals surface area (Å²) in [7, 11) is 0. The zero-order chi connectivity index (χ0) is 42.2. The van der Waals surface area contributed by atoms with Gasteiger partial charge < -0.3 is 4.57 Å². The molecule has 0 N–H and O–H groups in total. The van der Waals surface area contributed by atoms with Crippen LogP contribution >= 0.6 is 0 Å². The van der Waals surface area contributed by atoms with E-state index in [4.69, 9.17) is 0 Å². The molecule has 0 radical (unpaired) electrons. The summed E-state index contributed by atoms with van der Waals surface area (Å²) in [4.78, 5) is 0. The van der Waals surface area contributed by atoms with Gasteiger partial charge in [0.15, 0.2) is 0 Å². The molecular formula is C63H41N. The monoisotopic (exact) mass is 811 g/mol. The number of para-hydroxylation sites is 1. The van der Waals surface area contributed by atoms with Gasteiger partial charge >= 0.3 is 0 Å². The molecule has 0 spiro atoms. The topological polar surface area (TPSA) is 4.93 Å². The summed E-state index contributed by atoms with van der Waals surface area (Å²) in [5.74, 6) is 0. The largest absolute Gasteiger partial charge is 0.309 e. The van der Waals surface area contributed by atoms with Crippen molar-refractivity contribution in [3.63, 3.8) is 0 Å². The van der Waals surface area contributed by atoms with Gasteiger partial charge in [0.05, 0.1) is 16.4 Å². The SMILES string of the molecule is c1ccc(-c2c3ccccc3c(-c3ccc(-n4c5ccccc5c5cc(-c6ccc7c(c6)C(c6ccccc6)(c6ccccc6)c6ccccc6-7)ccc54)cc3)c3ccccc23)cc1. The first kappa shape index (κ1) is 36.4. The molecule has 64 heavy (non-hydrogen) atoms. The molecule has 1 aromatic heterocycles. The molecule has 11 aromatic carbocycles. The van der Waals surface area contributed by atoms with Crippen LogP contribution in [0.3, 0.4) is 0 Å². The Morgan fingerprint density at radius 3 is 1.33 bits per heavy atom. The summed E-state index contributed by atoms with van der Waals surface area (Å²) in [6.45, 7) is 0. The molecule has 1 heteroatoms. The molecule has 0 saturated heterocycles. The molecule has 1 aliphatic carbocycles. The van der Waals surface area contributed by atoms with Crippen molar-refractivity contribution in [3.8, 4) is 50.2 Å². The van der Waals surface area contributed by atoms with Gasteiger partial charge in [-0.05, 0) is 125 Å². The van der Waals surface area contributed by atoms with Crippen LogP contribution in [0.4, 0.5) is 0 Å². The fourth-order valence-corrected chi connectivity index (χ4v) is 11.2. The molecule has 13 rings (SSSR count). The summed E-state index contributed by atoms with van der Waals surface area (Å²) in [6, 6.07) is 92.0. The Kier molecular flexibility index (Phi) is 8.20. The molecule has 0 amide bonds. The molecule has 1 aliphatic rings. The van der Waals surface area contributed by atoms with Gasteiger partial charge in [0.1, 0.15) is 0 Å². The van der Waals surface area contributed by atoms with Gasteiger partial charge in [-0.25, -0.2) is 0 Å². The summed E-state index contributed by atoms with van der Waals surface area (Å²) in [5, 5.41) is 7.54. The molecule has 0 unspecified atom stereocenters. The van der Waals surface area contributed by atoms with E-state index in [-0.39, 0.29) is 0 Å². The maximum Gasteiger partial charge on any atom is 0.0713 e. The number of nitrogens with zero attached hydrogens (tertiary/aromatic N) is 1. The Balaban J connectivity index is 0.955. The predicted octanol–water partition coefficient (Wildman–Crippen LogP) is 16.5. The highest BCUT2D eigenvalue weighted by atomic mass is 15.0. The highest BCUT2D eigenvalue weighted by Crippen LogP contribution is 2.57. The van der Waals surface area contributed by atoms with Crippen molar-refractivity contribution in [3.05, 3.63) is 271 Å². The van der Waals surface area contributed by atoms with E-state index in [9.17, 15) is 0 Å². The Hall–Kier alpha value is -8.26. The van der Waals surface area contributed by atoms with Crippen molar-refractivity contribution >= 4 is 43.4 Å². The average Bonchev–Trinajstić information content (AvgIpc) is 3.86. The first-order valence-electron chi connectivity index (χ1n) is 22.3. The Morgan fingerprint density at radius 2 is 0.703 bits per heavy atom. The molecule has 0 aliphatic heterocycles. The molecule has 0 bridgehead atoms. The third-order valence-corrected chi connectivity index (χ3v) is 13.9. The van der Waals surface area contributed by atoms with E-state index in [1.54, 1.807) is 0 Å². The lowest BCUT2D eigenvalue weighted by atomic mass is 9.67. The van der Waals surface area contributed by atoms with Gasteiger partial charge in [0.2, 0.25) is 0 Å². The van der Waals surface area contributed by atoms with Crippen LogP contribution in [0.2, 0.25) is 0 Å². The number of rotatable bonds is 6. The van der Waals surface area contributed by atoms with Crippen molar-refractivity contribution in [1.82, 2.24) is 4.57 Å². The van der Waals surface area contributed by atoms with Crippen molar-refractivity contribution in [2.75, 3.05) is 0 Å². The zero-order valence-corrected chi connectivity index (χ0v) is 35.1. The summed E-state index contributed by atoms with van der Waals surface area (Å²) in [5.41, 5.74) is 18.3. The summed E-state index contributed by atoms with van der Waals surface area (Å²) in [6.07, 6.45) is 0. The van der Waals surface area contributed by atoms with E-state index in [1.165, 1.54) is 110 Å². The van der Waals surface area contributed by atoms with Gasteiger partial charge in [-0.3, -0.25) is 0 Å². The van der Waals surface area contributed by atoms with Crippen molar-refractivity contribution < 1.29 is 0 Å². The minimum absolute atomic E-state index is 0.445. The van der Waals surface area contributed by atoms with Crippen LogP contribution in [0.25, 0.3) is 93.5 Å². The van der Waals surface area contributed by atoms with Gasteiger partial charge in [-0.15, -0.1) is 0 Å². The van der Waals surface area contributed by atoms with E-state index in [0.717, 1.165) is 5.69 Å². The van der Waals surface area contributed by atoms with E-state index in [2.05, 4.69) is 253 Å². The van der Waals surface area contributed by atoms with E-state index < -0.39 is 5.41 Å². The molecular weight excluding hydrogens is 771 g/mol. The summed E-state index contributed by atoms with van der Waals surface area (Å²) >= 11 is 0. The zero-order valence-electron chi connectivity index (χ0n) is 35.1. The Morgan fingerprint density at radius 1 is 0.266 bits per heavy atom. The molecule has 0 atom stereocenters. The van der Waals surface area contributed by atoms with E-state index >= 15 is 0 Å². The number of hydrogen-bond acceptors (Lipinski definition) is 0. The number of aromatic nitrogens is 1. The van der Waals surface area contributed by atoms with Crippen LogP contribution in [-0.4, -0.2) is 4.57 Å². The fourth-order valence-electron chi connectivity index (χ4n) is 11.2. The molecule has 12 aromatic rings. The molecule has 0 fully saturated rings. The van der Waals surface area contributed by atoms with Crippen LogP contribution in [0.5, 0.6) is 0 Å². The average molecular weight is 812 g/mol. The van der Waals surface area contributed by atoms with Gasteiger partial charge in [-0.2, -0.15) is 0 Å². The third-order valence-electron chi connectivity index (χ3n) is 13.9. The summed E-state index contributed by atoms with van der Waals surface area (Å²) < 4.78 is 2.43. The van der Waals surface area contributed by atoms with Gasteiger partial charge in [0, 0.05) is 16.5 Å². The molecule has 298 valence electrons. The second-order valence-corrected chi connectivity index (χ2v) is 17.1. The second-order valence-electron chi connectivity index (χ2n) is 17.1. The highest BCUT2D eigenvalue weighted by Gasteiger charge is 2.46. The van der Waals surface area contributed by atoms with Crippen LogP contribution in [0, 0.1) is 0 Å². The van der Waals surface area contributed by atoms with E-state index in [1.807, 2.05) is 0 Å². The highest BCUT2D eigenvalue weighted by molar-refractivity contribution is 6.21. The molecule has 1 nitrogen and oxygen atoms in total. The number of fused-ring (bicyclic) bond motifs is 8. The lowest BCUT2D eigenvalue weighted by molar-refractivity contribution is 0.769. The molecule has 1 heterocycles. The predicted molar refractivity (Wildman–Crippen MR) is 269 cm³/mol. The van der Waals surface area contributed by atoms with Crippen LogP contribution in [-0.2, 0) is 5.41 Å². The van der Waals surface area contributed by atoms with Crippen molar-refractivity contribution in [1.29, 1.82) is 0 Å². The maximum absolute atomic E-state index is 2.47. The smallest absolute Gasteiger partial charge is 0.0713 e. The number of benzene rings is 11. The molecule has 0 saturated carbocycles. The van der Waals surface area contributed by atoms with Gasteiger partial charge in [0.25, 0.3) is 0 Å².